The summed E-state index contributed by atoms with van der Waals surface area (Å²) in [6, 6.07) is 1.33. The van der Waals surface area contributed by atoms with E-state index >= 15 is 4.39 Å². The number of alkyl halides is 3. The Morgan fingerprint density at radius 2 is 1.82 bits per heavy atom. The minimum Gasteiger partial charge on any atom is -0.382 e. The number of benzene rings is 2. The molecule has 0 saturated carbocycles. The van der Waals surface area contributed by atoms with Gasteiger partial charge in [0, 0.05) is 65.5 Å². The van der Waals surface area contributed by atoms with Gasteiger partial charge in [-0.05, 0) is 32.1 Å². The van der Waals surface area contributed by atoms with E-state index in [2.05, 4.69) is 11.6 Å². The van der Waals surface area contributed by atoms with Crippen LogP contribution >= 0.6 is 23.4 Å². The number of hydrogen-bond acceptors (Lipinski definition) is 7. The zero-order valence-electron chi connectivity index (χ0n) is 24.6. The molecule has 2 aliphatic rings. The van der Waals surface area contributed by atoms with E-state index in [-0.39, 0.29) is 66.1 Å². The Hall–Kier alpha value is -3.20. The maximum atomic E-state index is 15.3. The Morgan fingerprint density at radius 1 is 1.13 bits per heavy atom. The van der Waals surface area contributed by atoms with E-state index in [1.54, 1.807) is 23.6 Å². The van der Waals surface area contributed by atoms with Crippen molar-refractivity contribution in [2.75, 3.05) is 44.1 Å². The molecule has 2 aromatic carbocycles. The fourth-order valence-corrected chi connectivity index (χ4v) is 7.46. The van der Waals surface area contributed by atoms with E-state index in [4.69, 9.17) is 21.1 Å². The van der Waals surface area contributed by atoms with Crippen LogP contribution in [0.2, 0.25) is 5.02 Å². The Balaban J connectivity index is 1.81. The fourth-order valence-electron chi connectivity index (χ4n) is 6.02. The maximum absolute atomic E-state index is 15.3. The summed E-state index contributed by atoms with van der Waals surface area (Å²) in [7, 11) is 1.49. The molecule has 1 amide bonds. The quantitative estimate of drug-likeness (QED) is 0.137. The molecule has 45 heavy (non-hydrogen) atoms. The van der Waals surface area contributed by atoms with Crippen LogP contribution in [-0.2, 0) is 27.0 Å². The van der Waals surface area contributed by atoms with Crippen LogP contribution in [0.4, 0.5) is 27.8 Å². The number of thioether (sulfide) groups is 1. The second-order valence-electron chi connectivity index (χ2n) is 10.9. The van der Waals surface area contributed by atoms with Gasteiger partial charge in [0.2, 0.25) is 5.91 Å². The smallest absolute Gasteiger partial charge is 0.382 e. The normalized spacial score (nSPS) is 20.4. The molecule has 1 aromatic heterocycles. The second kappa shape index (κ2) is 12.9. The number of ether oxygens (including phenoxy) is 2. The van der Waals surface area contributed by atoms with Crippen molar-refractivity contribution >= 4 is 46.0 Å². The molecular formula is C30H30ClF5N4O4S. The molecule has 3 aromatic rings. The number of halogens is 6. The average molecular weight is 673 g/mol. The first-order valence-electron chi connectivity index (χ1n) is 14.0. The van der Waals surface area contributed by atoms with Crippen molar-refractivity contribution in [1.82, 2.24) is 14.5 Å². The molecule has 242 valence electrons. The molecular weight excluding hydrogens is 643 g/mol. The largest absolute Gasteiger partial charge is 0.417 e. The lowest BCUT2D eigenvalue weighted by Crippen LogP contribution is -2.58. The molecule has 0 aliphatic carbocycles. The van der Waals surface area contributed by atoms with Gasteiger partial charge < -0.3 is 19.3 Å². The number of carbonyl (C=O) groups is 1. The van der Waals surface area contributed by atoms with Crippen molar-refractivity contribution in [3.8, 4) is 11.1 Å². The number of carbonyl (C=O) groups excluding carboxylic acids is 1. The van der Waals surface area contributed by atoms with E-state index in [0.29, 0.717) is 6.07 Å². The van der Waals surface area contributed by atoms with Crippen LogP contribution in [0.15, 0.2) is 40.5 Å². The predicted molar refractivity (Wildman–Crippen MR) is 162 cm³/mol. The summed E-state index contributed by atoms with van der Waals surface area (Å²) in [6.07, 6.45) is -4.44. The van der Waals surface area contributed by atoms with Gasteiger partial charge in [-0.2, -0.15) is 18.2 Å². The zero-order valence-corrected chi connectivity index (χ0v) is 26.2. The van der Waals surface area contributed by atoms with Crippen molar-refractivity contribution in [3.63, 3.8) is 0 Å². The zero-order chi connectivity index (χ0) is 32.8. The van der Waals surface area contributed by atoms with Crippen molar-refractivity contribution in [2.24, 2.45) is 0 Å². The number of nitrogens with zero attached hydrogens (tertiary/aromatic N) is 4. The first-order valence-corrected chi connectivity index (χ1v) is 15.4. The van der Waals surface area contributed by atoms with Crippen LogP contribution < -0.4 is 10.6 Å². The first kappa shape index (κ1) is 33.2. The van der Waals surface area contributed by atoms with Crippen LogP contribution in [0.3, 0.4) is 0 Å². The summed E-state index contributed by atoms with van der Waals surface area (Å²) in [5, 5.41) is -0.545. The number of piperazine rings is 1. The summed E-state index contributed by atoms with van der Waals surface area (Å²) in [5.41, 5.74) is -2.96. The van der Waals surface area contributed by atoms with Crippen molar-refractivity contribution in [1.29, 1.82) is 0 Å². The van der Waals surface area contributed by atoms with Crippen LogP contribution in [0.25, 0.3) is 22.0 Å². The number of anilines is 1. The summed E-state index contributed by atoms with van der Waals surface area (Å²) in [5.74, 6) is -2.55. The maximum Gasteiger partial charge on any atom is 0.417 e. The van der Waals surface area contributed by atoms with Gasteiger partial charge in [0.1, 0.15) is 17.5 Å². The molecule has 15 heteroatoms. The highest BCUT2D eigenvalue weighted by Gasteiger charge is 2.40. The molecule has 1 unspecified atom stereocenters. The highest BCUT2D eigenvalue weighted by Crippen LogP contribution is 2.49. The second-order valence-corrected chi connectivity index (χ2v) is 12.4. The third-order valence-electron chi connectivity index (χ3n) is 7.87. The molecule has 0 radical (unpaired) electrons. The van der Waals surface area contributed by atoms with Gasteiger partial charge in [-0.25, -0.2) is 13.6 Å². The Kier molecular flexibility index (Phi) is 9.50. The third-order valence-corrected chi connectivity index (χ3v) is 9.39. The van der Waals surface area contributed by atoms with Gasteiger partial charge in [0.15, 0.2) is 0 Å². The van der Waals surface area contributed by atoms with Gasteiger partial charge in [-0.15, -0.1) is 11.8 Å². The topological polar surface area (TPSA) is 76.9 Å². The molecule has 0 bridgehead atoms. The van der Waals surface area contributed by atoms with Gasteiger partial charge in [-0.1, -0.05) is 18.2 Å². The fraction of sp³-hybridized carbons (Fsp3) is 0.433. The Bertz CT molecular complexity index is 1710. The van der Waals surface area contributed by atoms with Crippen LogP contribution in [-0.4, -0.2) is 77.7 Å². The number of aromatic nitrogens is 2. The highest BCUT2D eigenvalue weighted by molar-refractivity contribution is 7.99. The molecule has 3 heterocycles. The molecule has 5 rings (SSSR count). The minimum atomic E-state index is -5.00. The minimum absolute atomic E-state index is 0.00548. The molecule has 1 fully saturated rings. The van der Waals surface area contributed by atoms with Crippen molar-refractivity contribution in [3.05, 3.63) is 63.6 Å². The van der Waals surface area contributed by atoms with Gasteiger partial charge >= 0.3 is 11.9 Å². The summed E-state index contributed by atoms with van der Waals surface area (Å²) >= 11 is 6.92. The lowest BCUT2D eigenvalue weighted by Gasteiger charge is -2.44. The Morgan fingerprint density at radius 3 is 2.44 bits per heavy atom. The first-order chi connectivity index (χ1) is 21.3. The number of methoxy groups -OCH3 is 1. The van der Waals surface area contributed by atoms with Crippen LogP contribution in [0, 0.1) is 11.6 Å². The van der Waals surface area contributed by atoms with Gasteiger partial charge in [0.05, 0.1) is 42.0 Å². The lowest BCUT2D eigenvalue weighted by molar-refractivity contribution is -0.137. The SMILES string of the molecule is C=CC(=O)N1[C@H](C)CN(c2nc(=O)n3c4c(c(-c5cc(Cl)c(F)cc5F)c(C(F)(F)F)cc24)SCC(OCCOC)C3)C[C@@H]1C. The Labute approximate surface area is 264 Å². The molecule has 0 spiro atoms. The summed E-state index contributed by atoms with van der Waals surface area (Å²) in [4.78, 5) is 33.8. The van der Waals surface area contributed by atoms with Crippen LogP contribution in [0.5, 0.6) is 0 Å². The van der Waals surface area contributed by atoms with E-state index in [0.717, 1.165) is 23.9 Å². The molecule has 1 saturated heterocycles. The summed E-state index contributed by atoms with van der Waals surface area (Å²) in [6.45, 7) is 7.82. The molecule has 0 N–H and O–H groups in total. The van der Waals surface area contributed by atoms with E-state index in [9.17, 15) is 27.2 Å². The predicted octanol–water partition coefficient (Wildman–Crippen LogP) is 5.76. The van der Waals surface area contributed by atoms with Gasteiger partial charge in [0.25, 0.3) is 0 Å². The standard InChI is InChI=1S/C30H30ClF5N4O4S/c1-5-24(41)40-15(2)11-38(12-16(40)3)28-19-8-20(30(34,35)36)25(18-9-21(31)23(33)10-22(18)32)27-26(19)39(29(42)37-28)13-17(14-45-27)44-7-6-43-4/h5,8-10,15-17H,1,6-7,11-14H2,2-4H3/t15-,16+,17?. The number of hydrogen-bond donors (Lipinski definition) is 0. The van der Waals surface area contributed by atoms with Crippen molar-refractivity contribution < 1.29 is 36.2 Å². The molecule has 2 aliphatic heterocycles. The van der Waals surface area contributed by atoms with E-state index in [1.165, 1.54) is 17.8 Å². The lowest BCUT2D eigenvalue weighted by atomic mass is 9.95. The monoisotopic (exact) mass is 672 g/mol. The van der Waals surface area contributed by atoms with E-state index < -0.39 is 63.4 Å². The molecule has 8 nitrogen and oxygen atoms in total. The number of rotatable bonds is 7. The van der Waals surface area contributed by atoms with Crippen LogP contribution in [0.1, 0.15) is 19.4 Å². The van der Waals surface area contributed by atoms with Gasteiger partial charge in [-0.3, -0.25) is 9.36 Å². The van der Waals surface area contributed by atoms with Crippen molar-refractivity contribution in [2.45, 2.75) is 49.7 Å². The number of amides is 1. The molecule has 3 atom stereocenters. The average Bonchev–Trinajstić information content (AvgIpc) is 3.16. The summed E-state index contributed by atoms with van der Waals surface area (Å²) < 4.78 is 86.4. The third kappa shape index (κ3) is 6.29. The highest BCUT2D eigenvalue weighted by atomic mass is 35.5. The van der Waals surface area contributed by atoms with E-state index in [1.807, 2.05) is 0 Å².